The van der Waals surface area contributed by atoms with Crippen LogP contribution < -0.4 is 5.32 Å². The Hall–Kier alpha value is -0.690. The smallest absolute Gasteiger partial charge is 0.173 e. The molecule has 1 aromatic carbocycles. The third-order valence-corrected chi connectivity index (χ3v) is 4.32. The van der Waals surface area contributed by atoms with Crippen LogP contribution in [0, 0.1) is 0 Å². The summed E-state index contributed by atoms with van der Waals surface area (Å²) >= 11 is 15.6. The number of halogens is 3. The number of tetrazole rings is 1. The summed E-state index contributed by atoms with van der Waals surface area (Å²) in [5.74, 6) is 0.665. The highest BCUT2D eigenvalue weighted by Gasteiger charge is 2.18. The first kappa shape index (κ1) is 13.7. The van der Waals surface area contributed by atoms with E-state index in [1.807, 2.05) is 14.0 Å². The maximum atomic E-state index is 6.21. The molecule has 96 valence electrons. The molecule has 5 nitrogen and oxygen atoms in total. The monoisotopic (exact) mass is 349 g/mol. The summed E-state index contributed by atoms with van der Waals surface area (Å²) in [4.78, 5) is 0. The van der Waals surface area contributed by atoms with Crippen molar-refractivity contribution in [2.24, 2.45) is 0 Å². The van der Waals surface area contributed by atoms with Crippen LogP contribution in [-0.2, 0) is 0 Å². The van der Waals surface area contributed by atoms with Crippen LogP contribution in [0.15, 0.2) is 16.6 Å². The Bertz CT molecular complexity index is 571. The summed E-state index contributed by atoms with van der Waals surface area (Å²) in [5, 5.41) is 15.5. The molecule has 0 saturated carbocycles. The van der Waals surface area contributed by atoms with Crippen molar-refractivity contribution in [3.8, 4) is 5.69 Å². The van der Waals surface area contributed by atoms with Gasteiger partial charge in [-0.15, -0.1) is 5.10 Å². The summed E-state index contributed by atoms with van der Waals surface area (Å²) < 4.78 is 2.30. The second-order valence-corrected chi connectivity index (χ2v) is 5.26. The molecule has 0 aliphatic heterocycles. The molecular formula is C10H10BrCl2N5. The third-order valence-electron chi connectivity index (χ3n) is 2.56. The van der Waals surface area contributed by atoms with Gasteiger partial charge in [0.1, 0.15) is 0 Å². The Morgan fingerprint density at radius 1 is 1.33 bits per heavy atom. The van der Waals surface area contributed by atoms with Crippen molar-refractivity contribution < 1.29 is 0 Å². The molecule has 1 N–H and O–H groups in total. The molecule has 1 unspecified atom stereocenters. The molecule has 2 aromatic rings. The fourth-order valence-electron chi connectivity index (χ4n) is 1.44. The molecule has 0 aliphatic carbocycles. The van der Waals surface area contributed by atoms with Crippen LogP contribution in [0.3, 0.4) is 0 Å². The summed E-state index contributed by atoms with van der Waals surface area (Å²) in [5.41, 5.74) is 0.645. The van der Waals surface area contributed by atoms with E-state index in [0.717, 1.165) is 4.47 Å². The maximum Gasteiger partial charge on any atom is 0.173 e. The quantitative estimate of drug-likeness (QED) is 0.864. The van der Waals surface area contributed by atoms with E-state index in [2.05, 4.69) is 36.8 Å². The lowest BCUT2D eigenvalue weighted by atomic mass is 10.3. The van der Waals surface area contributed by atoms with Crippen LogP contribution in [0.1, 0.15) is 18.8 Å². The zero-order valence-electron chi connectivity index (χ0n) is 9.65. The first-order chi connectivity index (χ1) is 8.56. The molecule has 0 bridgehead atoms. The minimum Gasteiger partial charge on any atom is -0.311 e. The van der Waals surface area contributed by atoms with Gasteiger partial charge < -0.3 is 5.32 Å². The Kier molecular flexibility index (Phi) is 4.21. The van der Waals surface area contributed by atoms with Gasteiger partial charge in [0.2, 0.25) is 0 Å². The Morgan fingerprint density at radius 2 is 2.06 bits per heavy atom. The Morgan fingerprint density at radius 3 is 2.72 bits per heavy atom. The summed E-state index contributed by atoms with van der Waals surface area (Å²) in [7, 11) is 1.83. The van der Waals surface area contributed by atoms with Gasteiger partial charge in [-0.1, -0.05) is 23.2 Å². The van der Waals surface area contributed by atoms with E-state index in [4.69, 9.17) is 23.2 Å². The molecule has 1 atom stereocenters. The Labute approximate surface area is 123 Å². The topological polar surface area (TPSA) is 55.6 Å². The number of nitrogens with one attached hydrogen (secondary N) is 1. The standard InChI is InChI=1S/C10H10BrCl2N5/c1-5(14-2)10-15-16-17-18(10)7-4-3-6(11)8(12)9(7)13/h3-5,14H,1-2H3. The number of nitrogens with zero attached hydrogens (tertiary/aromatic N) is 4. The summed E-state index contributed by atoms with van der Waals surface area (Å²) in [6.45, 7) is 1.95. The maximum absolute atomic E-state index is 6.21. The van der Waals surface area contributed by atoms with Crippen LogP contribution in [0.4, 0.5) is 0 Å². The van der Waals surface area contributed by atoms with Gasteiger partial charge in [-0.3, -0.25) is 0 Å². The number of benzene rings is 1. The van der Waals surface area contributed by atoms with Gasteiger partial charge in [0, 0.05) is 4.47 Å². The fraction of sp³-hybridized carbons (Fsp3) is 0.300. The van der Waals surface area contributed by atoms with Crippen molar-refractivity contribution in [3.63, 3.8) is 0 Å². The lowest BCUT2D eigenvalue weighted by Crippen LogP contribution is -2.18. The van der Waals surface area contributed by atoms with E-state index in [0.29, 0.717) is 21.6 Å². The van der Waals surface area contributed by atoms with Gasteiger partial charge in [0.15, 0.2) is 5.82 Å². The van der Waals surface area contributed by atoms with E-state index in [1.165, 1.54) is 0 Å². The molecule has 0 amide bonds. The second kappa shape index (κ2) is 5.52. The van der Waals surface area contributed by atoms with Gasteiger partial charge in [-0.05, 0) is 52.5 Å². The van der Waals surface area contributed by atoms with E-state index in [-0.39, 0.29) is 6.04 Å². The van der Waals surface area contributed by atoms with Crippen LogP contribution in [0.2, 0.25) is 10.0 Å². The molecule has 18 heavy (non-hydrogen) atoms. The van der Waals surface area contributed by atoms with Crippen molar-refractivity contribution in [3.05, 3.63) is 32.5 Å². The van der Waals surface area contributed by atoms with Gasteiger partial charge in [0.25, 0.3) is 0 Å². The molecule has 0 spiro atoms. The van der Waals surface area contributed by atoms with Crippen molar-refractivity contribution in [1.29, 1.82) is 0 Å². The normalized spacial score (nSPS) is 12.7. The van der Waals surface area contributed by atoms with Crippen LogP contribution in [-0.4, -0.2) is 27.3 Å². The minimum absolute atomic E-state index is 0.00140. The molecule has 1 heterocycles. The van der Waals surface area contributed by atoms with Crippen molar-refractivity contribution in [2.75, 3.05) is 7.05 Å². The molecule has 2 rings (SSSR count). The van der Waals surface area contributed by atoms with E-state index in [1.54, 1.807) is 16.8 Å². The van der Waals surface area contributed by atoms with Gasteiger partial charge in [-0.2, -0.15) is 4.68 Å². The van der Waals surface area contributed by atoms with Gasteiger partial charge in [0.05, 0.1) is 21.8 Å². The second-order valence-electron chi connectivity index (χ2n) is 3.65. The molecule has 8 heteroatoms. The van der Waals surface area contributed by atoms with E-state index >= 15 is 0 Å². The average molecular weight is 351 g/mol. The van der Waals surface area contributed by atoms with Gasteiger partial charge in [-0.25, -0.2) is 0 Å². The molecule has 0 aliphatic rings. The largest absolute Gasteiger partial charge is 0.311 e. The van der Waals surface area contributed by atoms with Crippen LogP contribution >= 0.6 is 39.1 Å². The van der Waals surface area contributed by atoms with Crippen molar-refractivity contribution in [2.45, 2.75) is 13.0 Å². The molecule has 1 aromatic heterocycles. The lowest BCUT2D eigenvalue weighted by Gasteiger charge is -2.12. The SMILES string of the molecule is CNC(C)c1nnnn1-c1ccc(Br)c(Cl)c1Cl. The minimum atomic E-state index is -0.00140. The van der Waals surface area contributed by atoms with Crippen molar-refractivity contribution >= 4 is 39.1 Å². The zero-order chi connectivity index (χ0) is 13.3. The molecule has 0 fully saturated rings. The highest BCUT2D eigenvalue weighted by molar-refractivity contribution is 9.10. The highest BCUT2D eigenvalue weighted by atomic mass is 79.9. The zero-order valence-corrected chi connectivity index (χ0v) is 12.8. The summed E-state index contributed by atoms with van der Waals surface area (Å²) in [6.07, 6.45) is 0. The fourth-order valence-corrected chi connectivity index (χ4v) is 2.29. The summed E-state index contributed by atoms with van der Waals surface area (Å²) in [6, 6.07) is 3.61. The number of hydrogen-bond donors (Lipinski definition) is 1. The third kappa shape index (κ3) is 2.38. The number of hydrogen-bond acceptors (Lipinski definition) is 4. The van der Waals surface area contributed by atoms with E-state index in [9.17, 15) is 0 Å². The Balaban J connectivity index is 2.56. The van der Waals surface area contributed by atoms with E-state index < -0.39 is 0 Å². The molecule has 0 saturated heterocycles. The predicted molar refractivity (Wildman–Crippen MR) is 74.3 cm³/mol. The first-order valence-corrected chi connectivity index (χ1v) is 6.70. The lowest BCUT2D eigenvalue weighted by molar-refractivity contribution is 0.588. The molecule has 0 radical (unpaired) electrons. The van der Waals surface area contributed by atoms with Crippen molar-refractivity contribution in [1.82, 2.24) is 25.5 Å². The predicted octanol–water partition coefficient (Wildman–Crippen LogP) is 3.01. The first-order valence-electron chi connectivity index (χ1n) is 5.15. The average Bonchev–Trinajstić information content (AvgIpc) is 2.84. The van der Waals surface area contributed by atoms with Gasteiger partial charge >= 0.3 is 0 Å². The highest BCUT2D eigenvalue weighted by Crippen LogP contribution is 2.35. The van der Waals surface area contributed by atoms with Crippen LogP contribution in [0.25, 0.3) is 5.69 Å². The number of rotatable bonds is 3. The van der Waals surface area contributed by atoms with Crippen LogP contribution in [0.5, 0.6) is 0 Å². The molecular weight excluding hydrogens is 341 g/mol. The number of aromatic nitrogens is 4.